The topological polar surface area (TPSA) is 218 Å². The zero-order valence-electron chi connectivity index (χ0n) is 20.7. The van der Waals surface area contributed by atoms with Crippen molar-refractivity contribution < 1.29 is 34.1 Å². The van der Waals surface area contributed by atoms with E-state index in [2.05, 4.69) is 19.8 Å². The number of carbonyl (C=O) groups excluding carboxylic acids is 3. The Kier molecular flexibility index (Phi) is 7.72. The highest BCUT2D eigenvalue weighted by Crippen LogP contribution is 2.40. The van der Waals surface area contributed by atoms with Gasteiger partial charge in [0.15, 0.2) is 23.7 Å². The van der Waals surface area contributed by atoms with Gasteiger partial charge in [-0.2, -0.15) is 9.36 Å². The number of oxime groups is 1. The van der Waals surface area contributed by atoms with Gasteiger partial charge in [0.05, 0.1) is 24.3 Å². The van der Waals surface area contributed by atoms with E-state index >= 15 is 0 Å². The van der Waals surface area contributed by atoms with E-state index in [1.54, 1.807) is 21.6 Å². The quantitative estimate of drug-likeness (QED) is 0.101. The van der Waals surface area contributed by atoms with E-state index in [1.807, 2.05) is 0 Å². The number of aliphatic hydroxyl groups excluding tert-OH is 1. The van der Waals surface area contributed by atoms with Crippen LogP contribution in [0.4, 0.5) is 10.9 Å². The van der Waals surface area contributed by atoms with Crippen LogP contribution in [-0.2, 0) is 32.3 Å². The first kappa shape index (κ1) is 26.9. The van der Waals surface area contributed by atoms with Crippen LogP contribution in [0.15, 0.2) is 28.7 Å². The van der Waals surface area contributed by atoms with E-state index in [1.165, 1.54) is 11.8 Å². The second-order valence-corrected chi connectivity index (χ2v) is 11.1. The van der Waals surface area contributed by atoms with Crippen LogP contribution in [-0.4, -0.2) is 77.4 Å². The van der Waals surface area contributed by atoms with Gasteiger partial charge in [-0.05, 0) is 25.7 Å². The van der Waals surface area contributed by atoms with Crippen LogP contribution in [0.5, 0.6) is 0 Å². The monoisotopic (exact) mass is 577 g/mol. The number of thioether (sulfide) groups is 1. The lowest BCUT2D eigenvalue weighted by atomic mass is 10.0. The summed E-state index contributed by atoms with van der Waals surface area (Å²) in [4.78, 5) is 49.2. The number of nitrogen functional groups attached to an aromatic ring is 2. The Morgan fingerprint density at radius 3 is 2.77 bits per heavy atom. The summed E-state index contributed by atoms with van der Waals surface area (Å²) in [6.45, 7) is 0.175. The van der Waals surface area contributed by atoms with E-state index in [0.29, 0.717) is 11.4 Å². The lowest BCUT2D eigenvalue weighted by molar-refractivity contribution is -0.767. The van der Waals surface area contributed by atoms with Gasteiger partial charge in [-0.15, -0.1) is 21.1 Å². The van der Waals surface area contributed by atoms with Crippen LogP contribution in [0.2, 0.25) is 0 Å². The molecule has 1 aliphatic carbocycles. The van der Waals surface area contributed by atoms with Crippen LogP contribution in [0, 0.1) is 0 Å². The maximum absolute atomic E-state index is 13.2. The standard InChI is InChI=1S/C22H27N9O6S2/c23-13-5-6-29(30(13)7-8-32)9-11-10-38-20-15(19(34)31(20)16(11)21(35)36)25-18(33)14(17-26-22(24)39-28-17)27-37-12-3-1-2-4-12/h5-6,12,15,20,23,32H,1-4,7-10H2,(H4,24,25,26,28,33,35,36)/t15-,20-/m1/s1. The number of nitrogens with two attached hydrogens (primary N) is 2. The van der Waals surface area contributed by atoms with E-state index in [9.17, 15) is 24.6 Å². The van der Waals surface area contributed by atoms with E-state index in [-0.39, 0.29) is 53.9 Å². The van der Waals surface area contributed by atoms with E-state index < -0.39 is 29.2 Å². The van der Waals surface area contributed by atoms with Gasteiger partial charge >= 0.3 is 0 Å². The number of carboxylic acid groups (broad SMARTS) is 1. The molecule has 0 aromatic carbocycles. The second kappa shape index (κ2) is 11.2. The number of hydrogen-bond acceptors (Lipinski definition) is 13. The van der Waals surface area contributed by atoms with Gasteiger partial charge in [0.2, 0.25) is 11.5 Å². The molecule has 4 heterocycles. The van der Waals surface area contributed by atoms with Crippen molar-refractivity contribution in [3.05, 3.63) is 29.4 Å². The summed E-state index contributed by atoms with van der Waals surface area (Å²) in [6, 6.07) is 0.627. The minimum absolute atomic E-state index is 0.0206. The second-order valence-electron chi connectivity index (χ2n) is 9.19. The molecule has 0 unspecified atom stereocenters. The maximum Gasteiger partial charge on any atom is 0.278 e. The number of nitrogens with zero attached hydrogens (tertiary/aromatic N) is 6. The number of fused-ring (bicyclic) bond motifs is 1. The number of β-lactam (4-membered cyclic amide) rings is 1. The van der Waals surface area contributed by atoms with Gasteiger partial charge in [0.1, 0.15) is 24.1 Å². The Balaban J connectivity index is 1.34. The summed E-state index contributed by atoms with van der Waals surface area (Å²) in [5.74, 6) is -2.20. The molecule has 17 heteroatoms. The Morgan fingerprint density at radius 1 is 1.33 bits per heavy atom. The van der Waals surface area contributed by atoms with Crippen molar-refractivity contribution in [2.24, 2.45) is 5.16 Å². The van der Waals surface area contributed by atoms with Crippen LogP contribution < -0.4 is 26.6 Å². The van der Waals surface area contributed by atoms with Crippen molar-refractivity contribution in [1.29, 1.82) is 0 Å². The number of carboxylic acids is 1. The number of nitrogens with one attached hydrogen (secondary N) is 1. The molecule has 1 saturated heterocycles. The average molecular weight is 578 g/mol. The van der Waals surface area contributed by atoms with Gasteiger partial charge in [0.25, 0.3) is 11.8 Å². The SMILES string of the molecule is Nc1nc(C(=NOC2CCCC2)C(=O)N[C@@H]2C(=O)N3C(C(=O)[O-])=C(C[n+]4ccc(N)n4CCO)CS[C@H]23)ns1. The molecular weight excluding hydrogens is 550 g/mol. The maximum atomic E-state index is 13.2. The lowest BCUT2D eigenvalue weighted by Gasteiger charge is -2.50. The average Bonchev–Trinajstić information content (AvgIpc) is 3.66. The van der Waals surface area contributed by atoms with Gasteiger partial charge in [-0.1, -0.05) is 5.16 Å². The third-order valence-corrected chi connectivity index (χ3v) is 8.56. The van der Waals surface area contributed by atoms with Crippen LogP contribution in [0.25, 0.3) is 0 Å². The van der Waals surface area contributed by atoms with Gasteiger partial charge in [0, 0.05) is 22.9 Å². The predicted molar refractivity (Wildman–Crippen MR) is 137 cm³/mol. The molecule has 39 heavy (non-hydrogen) atoms. The first-order valence-electron chi connectivity index (χ1n) is 12.3. The van der Waals surface area contributed by atoms with Crippen LogP contribution in [0.3, 0.4) is 0 Å². The Hall–Kier alpha value is -3.70. The predicted octanol–water partition coefficient (Wildman–Crippen LogP) is -2.45. The molecular formula is C22H27N9O6S2. The highest BCUT2D eigenvalue weighted by molar-refractivity contribution is 8.00. The number of carbonyl (C=O) groups is 3. The third-order valence-electron chi connectivity index (χ3n) is 6.68. The van der Waals surface area contributed by atoms with E-state index in [0.717, 1.165) is 42.1 Å². The number of aromatic nitrogens is 4. The van der Waals surface area contributed by atoms with Crippen molar-refractivity contribution >= 4 is 57.7 Å². The molecule has 2 aromatic rings. The highest BCUT2D eigenvalue weighted by atomic mass is 32.2. The van der Waals surface area contributed by atoms with Crippen molar-refractivity contribution in [3.63, 3.8) is 0 Å². The lowest BCUT2D eigenvalue weighted by Crippen LogP contribution is -2.71. The van der Waals surface area contributed by atoms with Crippen molar-refractivity contribution in [2.45, 2.75) is 56.3 Å². The summed E-state index contributed by atoms with van der Waals surface area (Å²) >= 11 is 2.20. The Labute approximate surface area is 230 Å². The van der Waals surface area contributed by atoms with Gasteiger partial charge in [-0.3, -0.25) is 14.5 Å². The molecule has 2 aromatic heterocycles. The molecule has 5 rings (SSSR count). The minimum atomic E-state index is -1.50. The molecule has 0 bridgehead atoms. The summed E-state index contributed by atoms with van der Waals surface area (Å²) in [7, 11) is 0. The fraction of sp³-hybridized carbons (Fsp3) is 0.500. The van der Waals surface area contributed by atoms with E-state index in [4.69, 9.17) is 16.3 Å². The largest absolute Gasteiger partial charge is 0.543 e. The molecule has 1 saturated carbocycles. The van der Waals surface area contributed by atoms with Crippen molar-refractivity contribution in [2.75, 3.05) is 23.8 Å². The van der Waals surface area contributed by atoms with Gasteiger partial charge in [-0.25, -0.2) is 0 Å². The first-order chi connectivity index (χ1) is 18.8. The molecule has 208 valence electrons. The first-order valence-corrected chi connectivity index (χ1v) is 14.1. The molecule has 3 aliphatic rings. The molecule has 2 fully saturated rings. The summed E-state index contributed by atoms with van der Waals surface area (Å²) in [5, 5.41) is 27.6. The third kappa shape index (κ3) is 5.28. The van der Waals surface area contributed by atoms with Crippen molar-refractivity contribution in [1.82, 2.24) is 24.3 Å². The number of aliphatic carboxylic acids is 1. The molecule has 2 aliphatic heterocycles. The molecule has 0 spiro atoms. The number of aliphatic hydroxyl groups is 1. The fourth-order valence-electron chi connectivity index (χ4n) is 4.80. The van der Waals surface area contributed by atoms with Gasteiger partial charge < -0.3 is 36.6 Å². The molecule has 15 nitrogen and oxygen atoms in total. The normalized spacial score (nSPS) is 21.6. The molecule has 2 amide bonds. The molecule has 2 atom stereocenters. The fourth-order valence-corrected chi connectivity index (χ4v) is 6.57. The summed E-state index contributed by atoms with van der Waals surface area (Å²) < 4.78 is 7.32. The molecule has 6 N–H and O–H groups in total. The summed E-state index contributed by atoms with van der Waals surface area (Å²) in [6.07, 6.45) is 5.18. The zero-order chi connectivity index (χ0) is 27.7. The molecule has 0 radical (unpaired) electrons. The smallest absolute Gasteiger partial charge is 0.278 e. The number of hydrogen-bond donors (Lipinski definition) is 4. The van der Waals surface area contributed by atoms with Crippen molar-refractivity contribution in [3.8, 4) is 0 Å². The number of anilines is 2. The summed E-state index contributed by atoms with van der Waals surface area (Å²) in [5.41, 5.74) is 11.6. The zero-order valence-corrected chi connectivity index (χ0v) is 22.3. The van der Waals surface area contributed by atoms with Crippen LogP contribution >= 0.6 is 23.3 Å². The minimum Gasteiger partial charge on any atom is -0.543 e. The number of rotatable bonds is 10. The Bertz CT molecular complexity index is 1350. The highest BCUT2D eigenvalue weighted by Gasteiger charge is 2.53. The van der Waals surface area contributed by atoms with Crippen LogP contribution in [0.1, 0.15) is 31.5 Å². The Morgan fingerprint density at radius 2 is 2.10 bits per heavy atom. The number of amides is 2.